The molecule has 0 amide bonds. The quantitative estimate of drug-likeness (QED) is 0.786. The highest BCUT2D eigenvalue weighted by atomic mass is 16.5. The number of ether oxygens (including phenoxy) is 1. The standard InChI is InChI=1S/C14H19NO3/c1-17-14(16)13-11(6-7-18-13)8-15-12(9-2-3-9)10-4-5-10/h6-7,9-10,12,15H,2-5,8H2,1H3. The lowest BCUT2D eigenvalue weighted by molar-refractivity contribution is 0.0563. The van der Waals surface area contributed by atoms with Gasteiger partial charge in [-0.05, 0) is 43.6 Å². The topological polar surface area (TPSA) is 51.5 Å². The van der Waals surface area contributed by atoms with Crippen molar-refractivity contribution in [3.05, 3.63) is 23.7 Å². The van der Waals surface area contributed by atoms with Gasteiger partial charge in [0.1, 0.15) is 0 Å². The van der Waals surface area contributed by atoms with E-state index in [9.17, 15) is 4.79 Å². The molecule has 4 nitrogen and oxygen atoms in total. The van der Waals surface area contributed by atoms with Gasteiger partial charge in [-0.2, -0.15) is 0 Å². The van der Waals surface area contributed by atoms with Crippen molar-refractivity contribution in [3.63, 3.8) is 0 Å². The number of rotatable bonds is 6. The minimum atomic E-state index is -0.397. The molecule has 2 fully saturated rings. The molecule has 1 heterocycles. The van der Waals surface area contributed by atoms with Crippen LogP contribution in [0.2, 0.25) is 0 Å². The lowest BCUT2D eigenvalue weighted by Crippen LogP contribution is -2.32. The Bertz CT molecular complexity index is 420. The van der Waals surface area contributed by atoms with E-state index in [1.54, 1.807) is 6.26 Å². The van der Waals surface area contributed by atoms with Crippen LogP contribution < -0.4 is 5.32 Å². The summed E-state index contributed by atoms with van der Waals surface area (Å²) in [4.78, 5) is 11.5. The Kier molecular flexibility index (Phi) is 3.12. The molecule has 18 heavy (non-hydrogen) atoms. The molecule has 2 saturated carbocycles. The first-order chi connectivity index (χ1) is 8.79. The van der Waals surface area contributed by atoms with E-state index in [2.05, 4.69) is 5.32 Å². The second-order valence-corrected chi connectivity index (χ2v) is 5.35. The maximum absolute atomic E-state index is 11.5. The molecule has 0 unspecified atom stereocenters. The van der Waals surface area contributed by atoms with Crippen molar-refractivity contribution >= 4 is 5.97 Å². The summed E-state index contributed by atoms with van der Waals surface area (Å²) in [7, 11) is 1.37. The number of methoxy groups -OCH3 is 1. The largest absolute Gasteiger partial charge is 0.463 e. The second kappa shape index (κ2) is 4.76. The number of nitrogens with one attached hydrogen (secondary N) is 1. The van der Waals surface area contributed by atoms with Gasteiger partial charge in [0.15, 0.2) is 0 Å². The van der Waals surface area contributed by atoms with Gasteiger partial charge in [0.2, 0.25) is 5.76 Å². The third-order valence-electron chi connectivity index (χ3n) is 3.91. The molecular weight excluding hydrogens is 230 g/mol. The first-order valence-electron chi connectivity index (χ1n) is 6.67. The molecule has 0 spiro atoms. The van der Waals surface area contributed by atoms with E-state index in [1.807, 2.05) is 6.07 Å². The molecule has 98 valence electrons. The normalized spacial score (nSPS) is 19.2. The zero-order valence-corrected chi connectivity index (χ0v) is 10.6. The van der Waals surface area contributed by atoms with Gasteiger partial charge in [-0.15, -0.1) is 0 Å². The first kappa shape index (κ1) is 11.8. The van der Waals surface area contributed by atoms with Crippen LogP contribution >= 0.6 is 0 Å². The van der Waals surface area contributed by atoms with E-state index in [-0.39, 0.29) is 0 Å². The lowest BCUT2D eigenvalue weighted by atomic mass is 10.1. The van der Waals surface area contributed by atoms with Crippen LogP contribution in [-0.2, 0) is 11.3 Å². The van der Waals surface area contributed by atoms with Crippen LogP contribution in [0.4, 0.5) is 0 Å². The van der Waals surface area contributed by atoms with Crippen molar-refractivity contribution < 1.29 is 13.9 Å². The van der Waals surface area contributed by atoms with E-state index in [0.717, 1.165) is 17.4 Å². The lowest BCUT2D eigenvalue weighted by Gasteiger charge is -2.17. The fourth-order valence-corrected chi connectivity index (χ4v) is 2.60. The van der Waals surface area contributed by atoms with Gasteiger partial charge in [-0.3, -0.25) is 0 Å². The van der Waals surface area contributed by atoms with Gasteiger partial charge in [0, 0.05) is 18.2 Å². The SMILES string of the molecule is COC(=O)c1occc1CNC(C1CC1)C1CC1. The Hall–Kier alpha value is -1.29. The van der Waals surface area contributed by atoms with Crippen molar-refractivity contribution in [2.45, 2.75) is 38.3 Å². The third kappa shape index (κ3) is 2.43. The smallest absolute Gasteiger partial charge is 0.374 e. The highest BCUT2D eigenvalue weighted by Gasteiger charge is 2.41. The summed E-state index contributed by atoms with van der Waals surface area (Å²) in [6, 6.07) is 2.47. The Morgan fingerprint density at radius 3 is 2.67 bits per heavy atom. The number of carbonyl (C=O) groups excluding carboxylic acids is 1. The van der Waals surface area contributed by atoms with Gasteiger partial charge in [-0.25, -0.2) is 4.79 Å². The van der Waals surface area contributed by atoms with Crippen molar-refractivity contribution in [1.29, 1.82) is 0 Å². The molecule has 0 aliphatic heterocycles. The van der Waals surface area contributed by atoms with Crippen molar-refractivity contribution in [2.24, 2.45) is 11.8 Å². The number of furan rings is 1. The molecule has 0 saturated heterocycles. The number of hydrogen-bond donors (Lipinski definition) is 1. The summed E-state index contributed by atoms with van der Waals surface area (Å²) >= 11 is 0. The van der Waals surface area contributed by atoms with Gasteiger partial charge in [-0.1, -0.05) is 0 Å². The molecule has 0 atom stereocenters. The third-order valence-corrected chi connectivity index (χ3v) is 3.91. The number of esters is 1. The predicted octanol–water partition coefficient (Wildman–Crippen LogP) is 2.34. The summed E-state index contributed by atoms with van der Waals surface area (Å²) in [6.45, 7) is 0.693. The molecule has 0 aromatic carbocycles. The van der Waals surface area contributed by atoms with Crippen LogP contribution in [0.25, 0.3) is 0 Å². The zero-order chi connectivity index (χ0) is 12.5. The van der Waals surface area contributed by atoms with Gasteiger partial charge in [0.05, 0.1) is 13.4 Å². The first-order valence-corrected chi connectivity index (χ1v) is 6.67. The van der Waals surface area contributed by atoms with Gasteiger partial charge >= 0.3 is 5.97 Å². The van der Waals surface area contributed by atoms with Crippen LogP contribution in [0.1, 0.15) is 41.8 Å². The van der Waals surface area contributed by atoms with Gasteiger partial charge < -0.3 is 14.5 Å². The maximum Gasteiger partial charge on any atom is 0.374 e. The van der Waals surface area contributed by atoms with E-state index in [4.69, 9.17) is 9.15 Å². The zero-order valence-electron chi connectivity index (χ0n) is 10.6. The van der Waals surface area contributed by atoms with Gasteiger partial charge in [0.25, 0.3) is 0 Å². The van der Waals surface area contributed by atoms with Crippen LogP contribution in [-0.4, -0.2) is 19.1 Å². The molecule has 2 aliphatic rings. The van der Waals surface area contributed by atoms with E-state index in [0.29, 0.717) is 18.3 Å². The van der Waals surface area contributed by atoms with Crippen LogP contribution in [0.5, 0.6) is 0 Å². The maximum atomic E-state index is 11.5. The van der Waals surface area contributed by atoms with Crippen molar-refractivity contribution in [1.82, 2.24) is 5.32 Å². The molecule has 4 heteroatoms. The van der Waals surface area contributed by atoms with E-state index in [1.165, 1.54) is 32.8 Å². The van der Waals surface area contributed by atoms with E-state index < -0.39 is 5.97 Å². The average molecular weight is 249 g/mol. The molecule has 2 aliphatic carbocycles. The Labute approximate surface area is 107 Å². The summed E-state index contributed by atoms with van der Waals surface area (Å²) in [5.41, 5.74) is 0.896. The Morgan fingerprint density at radius 1 is 1.44 bits per heavy atom. The average Bonchev–Trinajstić information content (AvgIpc) is 3.29. The monoisotopic (exact) mass is 249 g/mol. The Morgan fingerprint density at radius 2 is 2.11 bits per heavy atom. The van der Waals surface area contributed by atoms with Crippen molar-refractivity contribution in [3.8, 4) is 0 Å². The molecule has 1 N–H and O–H groups in total. The molecular formula is C14H19NO3. The summed E-state index contributed by atoms with van der Waals surface area (Å²) in [6.07, 6.45) is 6.95. The summed E-state index contributed by atoms with van der Waals surface area (Å²) in [5, 5.41) is 3.60. The molecule has 3 rings (SSSR count). The van der Waals surface area contributed by atoms with Crippen LogP contribution in [0.3, 0.4) is 0 Å². The fourth-order valence-electron chi connectivity index (χ4n) is 2.60. The number of hydrogen-bond acceptors (Lipinski definition) is 4. The highest BCUT2D eigenvalue weighted by Crippen LogP contribution is 2.44. The molecule has 1 aromatic heterocycles. The summed E-state index contributed by atoms with van der Waals surface area (Å²) in [5.74, 6) is 1.64. The fraction of sp³-hybridized carbons (Fsp3) is 0.643. The second-order valence-electron chi connectivity index (χ2n) is 5.35. The number of carbonyl (C=O) groups is 1. The molecule has 0 bridgehead atoms. The minimum absolute atomic E-state index is 0.329. The minimum Gasteiger partial charge on any atom is -0.463 e. The highest BCUT2D eigenvalue weighted by molar-refractivity contribution is 5.87. The predicted molar refractivity (Wildman–Crippen MR) is 66.1 cm³/mol. The Balaban J connectivity index is 1.61. The van der Waals surface area contributed by atoms with Crippen molar-refractivity contribution in [2.75, 3.05) is 7.11 Å². The molecule has 0 radical (unpaired) electrons. The van der Waals surface area contributed by atoms with Crippen LogP contribution in [0.15, 0.2) is 16.7 Å². The summed E-state index contributed by atoms with van der Waals surface area (Å²) < 4.78 is 9.89. The van der Waals surface area contributed by atoms with E-state index >= 15 is 0 Å². The van der Waals surface area contributed by atoms with Crippen LogP contribution in [0, 0.1) is 11.8 Å². The molecule has 1 aromatic rings.